The molecule has 0 fully saturated rings. The second-order valence-electron chi connectivity index (χ2n) is 3.97. The fraction of sp³-hybridized carbons (Fsp3) is 0.200. The third-order valence-electron chi connectivity index (χ3n) is 2.61. The first kappa shape index (κ1) is 13.7. The van der Waals surface area contributed by atoms with Gasteiger partial charge in [0, 0.05) is 10.5 Å². The minimum Gasteiger partial charge on any atom is -0.497 e. The molecule has 0 amide bonds. The average Bonchev–Trinajstić information content (AvgIpc) is 2.44. The van der Waals surface area contributed by atoms with E-state index in [4.69, 9.17) is 14.2 Å². The molecule has 2 aromatic carbocycles. The maximum absolute atomic E-state index is 5.73. The van der Waals surface area contributed by atoms with E-state index in [2.05, 4.69) is 15.9 Å². The van der Waals surface area contributed by atoms with Gasteiger partial charge in [-0.25, -0.2) is 0 Å². The van der Waals surface area contributed by atoms with Crippen LogP contribution in [0.5, 0.6) is 17.2 Å². The molecule has 0 unspecified atom stereocenters. The van der Waals surface area contributed by atoms with Gasteiger partial charge in [-0.2, -0.15) is 0 Å². The van der Waals surface area contributed by atoms with Crippen LogP contribution < -0.4 is 14.2 Å². The zero-order valence-corrected chi connectivity index (χ0v) is 12.4. The highest BCUT2D eigenvalue weighted by Crippen LogP contribution is 2.24. The lowest BCUT2D eigenvalue weighted by molar-refractivity contribution is 0.303. The molecule has 3 nitrogen and oxygen atoms in total. The van der Waals surface area contributed by atoms with Crippen LogP contribution in [0.25, 0.3) is 0 Å². The molecule has 0 radical (unpaired) electrons. The van der Waals surface area contributed by atoms with E-state index in [-0.39, 0.29) is 0 Å². The molecule has 0 saturated heterocycles. The summed E-state index contributed by atoms with van der Waals surface area (Å²) in [6.45, 7) is 0.462. The third-order valence-corrected chi connectivity index (χ3v) is 3.11. The number of hydrogen-bond donors (Lipinski definition) is 0. The highest BCUT2D eigenvalue weighted by Gasteiger charge is 2.03. The van der Waals surface area contributed by atoms with Gasteiger partial charge in [0.25, 0.3) is 0 Å². The van der Waals surface area contributed by atoms with Crippen LogP contribution in [0.4, 0.5) is 0 Å². The molecule has 0 atom stereocenters. The SMILES string of the molecule is COc1cc(COc2cccc(Br)c2)cc(OC)c1. The Morgan fingerprint density at radius 1 is 0.895 bits per heavy atom. The van der Waals surface area contributed by atoms with Crippen molar-refractivity contribution in [1.82, 2.24) is 0 Å². The van der Waals surface area contributed by atoms with Crippen molar-refractivity contribution in [1.29, 1.82) is 0 Å². The number of rotatable bonds is 5. The number of ether oxygens (including phenoxy) is 3. The lowest BCUT2D eigenvalue weighted by atomic mass is 10.2. The first-order valence-electron chi connectivity index (χ1n) is 5.81. The van der Waals surface area contributed by atoms with E-state index in [0.717, 1.165) is 27.3 Å². The van der Waals surface area contributed by atoms with Crippen molar-refractivity contribution < 1.29 is 14.2 Å². The van der Waals surface area contributed by atoms with Crippen LogP contribution in [-0.4, -0.2) is 14.2 Å². The number of benzene rings is 2. The number of methoxy groups -OCH3 is 2. The van der Waals surface area contributed by atoms with Crippen molar-refractivity contribution in [2.24, 2.45) is 0 Å². The molecule has 19 heavy (non-hydrogen) atoms. The molecule has 0 aliphatic rings. The van der Waals surface area contributed by atoms with Crippen LogP contribution in [-0.2, 0) is 6.61 Å². The van der Waals surface area contributed by atoms with E-state index in [1.807, 2.05) is 42.5 Å². The van der Waals surface area contributed by atoms with Gasteiger partial charge >= 0.3 is 0 Å². The van der Waals surface area contributed by atoms with Crippen molar-refractivity contribution in [2.75, 3.05) is 14.2 Å². The standard InChI is InChI=1S/C15H15BrO3/c1-17-14-6-11(7-15(9-14)18-2)10-19-13-5-3-4-12(16)8-13/h3-9H,10H2,1-2H3. The van der Waals surface area contributed by atoms with Gasteiger partial charge in [0.05, 0.1) is 14.2 Å². The summed E-state index contributed by atoms with van der Waals surface area (Å²) in [5.74, 6) is 2.33. The largest absolute Gasteiger partial charge is 0.497 e. The van der Waals surface area contributed by atoms with Crippen molar-refractivity contribution in [3.63, 3.8) is 0 Å². The second-order valence-corrected chi connectivity index (χ2v) is 4.88. The first-order chi connectivity index (χ1) is 9.21. The predicted molar refractivity (Wildman–Crippen MR) is 78.0 cm³/mol. The van der Waals surface area contributed by atoms with Gasteiger partial charge in [0.15, 0.2) is 0 Å². The summed E-state index contributed by atoms with van der Waals surface area (Å²) in [4.78, 5) is 0. The molecule has 100 valence electrons. The lowest BCUT2D eigenvalue weighted by Crippen LogP contribution is -1.97. The molecule has 0 aliphatic carbocycles. The first-order valence-corrected chi connectivity index (χ1v) is 6.61. The van der Waals surface area contributed by atoms with Crippen LogP contribution in [0.2, 0.25) is 0 Å². The van der Waals surface area contributed by atoms with E-state index in [9.17, 15) is 0 Å². The maximum Gasteiger partial charge on any atom is 0.122 e. The Hall–Kier alpha value is -1.68. The van der Waals surface area contributed by atoms with E-state index in [0.29, 0.717) is 6.61 Å². The number of hydrogen-bond acceptors (Lipinski definition) is 3. The smallest absolute Gasteiger partial charge is 0.122 e. The fourth-order valence-corrected chi connectivity index (χ4v) is 2.05. The topological polar surface area (TPSA) is 27.7 Å². The summed E-state index contributed by atoms with van der Waals surface area (Å²) in [5, 5.41) is 0. The molecular weight excluding hydrogens is 308 g/mol. The van der Waals surface area contributed by atoms with E-state index in [1.165, 1.54) is 0 Å². The van der Waals surface area contributed by atoms with Gasteiger partial charge in [-0.15, -0.1) is 0 Å². The highest BCUT2D eigenvalue weighted by atomic mass is 79.9. The van der Waals surface area contributed by atoms with Crippen molar-refractivity contribution in [2.45, 2.75) is 6.61 Å². The zero-order valence-electron chi connectivity index (χ0n) is 10.9. The molecule has 0 spiro atoms. The highest BCUT2D eigenvalue weighted by molar-refractivity contribution is 9.10. The Balaban J connectivity index is 2.10. The summed E-state index contributed by atoms with van der Waals surface area (Å²) >= 11 is 3.41. The molecule has 2 rings (SSSR count). The summed E-state index contributed by atoms with van der Waals surface area (Å²) in [6.07, 6.45) is 0. The lowest BCUT2D eigenvalue weighted by Gasteiger charge is -2.10. The Morgan fingerprint density at radius 3 is 2.16 bits per heavy atom. The Bertz CT molecular complexity index is 533. The Morgan fingerprint density at radius 2 is 1.58 bits per heavy atom. The summed E-state index contributed by atoms with van der Waals surface area (Å²) in [5.41, 5.74) is 0.996. The quantitative estimate of drug-likeness (QED) is 0.831. The molecule has 4 heteroatoms. The molecular formula is C15H15BrO3. The van der Waals surface area contributed by atoms with Gasteiger partial charge in [-0.1, -0.05) is 22.0 Å². The van der Waals surface area contributed by atoms with Gasteiger partial charge in [0.2, 0.25) is 0 Å². The molecule has 0 saturated carbocycles. The van der Waals surface area contributed by atoms with E-state index < -0.39 is 0 Å². The summed E-state index contributed by atoms with van der Waals surface area (Å²) in [6, 6.07) is 13.4. The zero-order chi connectivity index (χ0) is 13.7. The Kier molecular flexibility index (Phi) is 4.68. The molecule has 0 bridgehead atoms. The van der Waals surface area contributed by atoms with Crippen molar-refractivity contribution >= 4 is 15.9 Å². The number of halogens is 1. The van der Waals surface area contributed by atoms with Crippen LogP contribution in [0, 0.1) is 0 Å². The fourth-order valence-electron chi connectivity index (χ4n) is 1.67. The van der Waals surface area contributed by atoms with Crippen molar-refractivity contribution in [3.05, 3.63) is 52.5 Å². The van der Waals surface area contributed by atoms with Gasteiger partial charge < -0.3 is 14.2 Å². The molecule has 0 aliphatic heterocycles. The minimum atomic E-state index is 0.462. The Labute approximate surface area is 121 Å². The summed E-state index contributed by atoms with van der Waals surface area (Å²) in [7, 11) is 3.27. The van der Waals surface area contributed by atoms with Crippen molar-refractivity contribution in [3.8, 4) is 17.2 Å². The summed E-state index contributed by atoms with van der Waals surface area (Å²) < 4.78 is 17.2. The van der Waals surface area contributed by atoms with Crippen LogP contribution >= 0.6 is 15.9 Å². The monoisotopic (exact) mass is 322 g/mol. The second kappa shape index (κ2) is 6.48. The van der Waals surface area contributed by atoms with Crippen LogP contribution in [0.15, 0.2) is 46.9 Å². The molecule has 0 N–H and O–H groups in total. The average molecular weight is 323 g/mol. The van der Waals surface area contributed by atoms with Crippen LogP contribution in [0.3, 0.4) is 0 Å². The van der Waals surface area contributed by atoms with Gasteiger partial charge in [0.1, 0.15) is 23.9 Å². The molecule has 0 heterocycles. The van der Waals surface area contributed by atoms with Gasteiger partial charge in [-0.3, -0.25) is 0 Å². The predicted octanol–water partition coefficient (Wildman–Crippen LogP) is 4.05. The third kappa shape index (κ3) is 3.89. The minimum absolute atomic E-state index is 0.462. The van der Waals surface area contributed by atoms with E-state index >= 15 is 0 Å². The molecule has 2 aromatic rings. The molecule has 0 aromatic heterocycles. The van der Waals surface area contributed by atoms with Gasteiger partial charge in [-0.05, 0) is 35.9 Å². The van der Waals surface area contributed by atoms with E-state index in [1.54, 1.807) is 14.2 Å². The van der Waals surface area contributed by atoms with Crippen LogP contribution in [0.1, 0.15) is 5.56 Å². The normalized spacial score (nSPS) is 10.1. The maximum atomic E-state index is 5.73.